The van der Waals surface area contributed by atoms with Gasteiger partial charge in [0.05, 0.1) is 13.2 Å². The molecule has 1 amide bonds. The Morgan fingerprint density at radius 3 is 2.71 bits per heavy atom. The molecular formula is C11H17N3O3. The van der Waals surface area contributed by atoms with E-state index in [0.29, 0.717) is 5.82 Å². The Balaban J connectivity index is 2.83. The predicted molar refractivity (Wildman–Crippen MR) is 62.7 cm³/mol. The molecular weight excluding hydrogens is 222 g/mol. The molecule has 0 aliphatic rings. The van der Waals surface area contributed by atoms with Crippen LogP contribution in [0.5, 0.6) is 0 Å². The van der Waals surface area contributed by atoms with Crippen LogP contribution in [0.3, 0.4) is 0 Å². The third-order valence-electron chi connectivity index (χ3n) is 1.77. The zero-order chi connectivity index (χ0) is 12.9. The number of hydrogen-bond acceptors (Lipinski definition) is 5. The molecule has 0 aliphatic carbocycles. The molecule has 0 spiro atoms. The summed E-state index contributed by atoms with van der Waals surface area (Å²) in [6.07, 6.45) is 0.961. The van der Waals surface area contributed by atoms with E-state index in [9.17, 15) is 4.79 Å². The van der Waals surface area contributed by atoms with Crippen molar-refractivity contribution in [2.45, 2.75) is 26.4 Å². The summed E-state index contributed by atoms with van der Waals surface area (Å²) in [7, 11) is 0. The van der Waals surface area contributed by atoms with Crippen LogP contribution in [0.1, 0.15) is 20.8 Å². The maximum absolute atomic E-state index is 11.9. The highest BCUT2D eigenvalue weighted by Gasteiger charge is 2.23. The Bertz CT molecular complexity index is 362. The van der Waals surface area contributed by atoms with Crippen LogP contribution in [0, 0.1) is 0 Å². The molecule has 0 saturated carbocycles. The van der Waals surface area contributed by atoms with Crippen LogP contribution in [0.25, 0.3) is 0 Å². The molecule has 0 radical (unpaired) electrons. The van der Waals surface area contributed by atoms with Gasteiger partial charge in [0.1, 0.15) is 5.60 Å². The van der Waals surface area contributed by atoms with Crippen molar-refractivity contribution in [2.24, 2.45) is 0 Å². The number of amides is 1. The lowest BCUT2D eigenvalue weighted by Gasteiger charge is -2.25. The Morgan fingerprint density at radius 1 is 1.53 bits per heavy atom. The van der Waals surface area contributed by atoms with Crippen LogP contribution in [-0.2, 0) is 4.74 Å². The van der Waals surface area contributed by atoms with Gasteiger partial charge in [-0.1, -0.05) is 0 Å². The van der Waals surface area contributed by atoms with Crippen molar-refractivity contribution in [1.82, 2.24) is 10.2 Å². The number of nitrogens with zero attached hydrogens (tertiary/aromatic N) is 3. The SMILES string of the molecule is CC(C)(C)OC(=O)N(CCO)c1cccnn1. The van der Waals surface area contributed by atoms with E-state index in [2.05, 4.69) is 10.2 Å². The maximum Gasteiger partial charge on any atom is 0.416 e. The van der Waals surface area contributed by atoms with Crippen LogP contribution in [0.15, 0.2) is 18.3 Å². The number of aliphatic hydroxyl groups is 1. The highest BCUT2D eigenvalue weighted by molar-refractivity contribution is 5.86. The summed E-state index contributed by atoms with van der Waals surface area (Å²) < 4.78 is 5.21. The number of carbonyl (C=O) groups is 1. The molecule has 0 atom stereocenters. The second kappa shape index (κ2) is 5.58. The first-order valence-electron chi connectivity index (χ1n) is 5.33. The summed E-state index contributed by atoms with van der Waals surface area (Å²) in [6, 6.07) is 3.30. The van der Waals surface area contributed by atoms with Crippen LogP contribution >= 0.6 is 0 Å². The molecule has 0 unspecified atom stereocenters. The number of aliphatic hydroxyl groups excluding tert-OH is 1. The minimum atomic E-state index is -0.590. The van der Waals surface area contributed by atoms with Crippen molar-refractivity contribution in [3.8, 4) is 0 Å². The summed E-state index contributed by atoms with van der Waals surface area (Å²) >= 11 is 0. The number of hydrogen-bond donors (Lipinski definition) is 1. The van der Waals surface area contributed by atoms with E-state index in [0.717, 1.165) is 0 Å². The van der Waals surface area contributed by atoms with Crippen molar-refractivity contribution in [2.75, 3.05) is 18.1 Å². The Hall–Kier alpha value is -1.69. The number of aromatic nitrogens is 2. The molecule has 94 valence electrons. The fraction of sp³-hybridized carbons (Fsp3) is 0.545. The lowest BCUT2D eigenvalue weighted by Crippen LogP contribution is -2.39. The fourth-order valence-electron chi connectivity index (χ4n) is 1.15. The predicted octanol–water partition coefficient (Wildman–Crippen LogP) is 1.21. The number of carbonyl (C=O) groups excluding carboxylic acids is 1. The lowest BCUT2D eigenvalue weighted by atomic mass is 10.2. The Kier molecular flexibility index (Phi) is 4.39. The van der Waals surface area contributed by atoms with Crippen LogP contribution in [0.2, 0.25) is 0 Å². The molecule has 1 rings (SSSR count). The summed E-state index contributed by atoms with van der Waals surface area (Å²) in [5, 5.41) is 16.4. The molecule has 1 N–H and O–H groups in total. The minimum Gasteiger partial charge on any atom is -0.443 e. The van der Waals surface area contributed by atoms with Gasteiger partial charge in [-0.3, -0.25) is 4.90 Å². The fourth-order valence-corrected chi connectivity index (χ4v) is 1.15. The molecule has 0 saturated heterocycles. The third kappa shape index (κ3) is 4.36. The molecule has 0 aromatic carbocycles. The van der Waals surface area contributed by atoms with Crippen molar-refractivity contribution in [3.05, 3.63) is 18.3 Å². The van der Waals surface area contributed by atoms with Gasteiger partial charge in [0.25, 0.3) is 0 Å². The molecule has 1 aromatic rings. The molecule has 0 bridgehead atoms. The van der Waals surface area contributed by atoms with Crippen LogP contribution in [0.4, 0.5) is 10.6 Å². The Labute approximate surface area is 100 Å². The van der Waals surface area contributed by atoms with Crippen molar-refractivity contribution in [1.29, 1.82) is 0 Å². The second-order valence-electron chi connectivity index (χ2n) is 4.44. The van der Waals surface area contributed by atoms with Gasteiger partial charge in [0, 0.05) is 6.20 Å². The maximum atomic E-state index is 11.9. The highest BCUT2D eigenvalue weighted by Crippen LogP contribution is 2.14. The van der Waals surface area contributed by atoms with E-state index in [4.69, 9.17) is 9.84 Å². The molecule has 0 fully saturated rings. The lowest BCUT2D eigenvalue weighted by molar-refractivity contribution is 0.0572. The first kappa shape index (κ1) is 13.4. The standard InChI is InChI=1S/C11H17N3O3/c1-11(2,3)17-10(16)14(7-8-15)9-5-4-6-12-13-9/h4-6,15H,7-8H2,1-3H3. The molecule has 1 aromatic heterocycles. The van der Waals surface area contributed by atoms with Gasteiger partial charge < -0.3 is 9.84 Å². The van der Waals surface area contributed by atoms with Crippen molar-refractivity contribution in [3.63, 3.8) is 0 Å². The third-order valence-corrected chi connectivity index (χ3v) is 1.77. The van der Waals surface area contributed by atoms with E-state index in [1.165, 1.54) is 11.1 Å². The van der Waals surface area contributed by atoms with Crippen LogP contribution < -0.4 is 4.90 Å². The van der Waals surface area contributed by atoms with Gasteiger partial charge in [0.15, 0.2) is 5.82 Å². The zero-order valence-corrected chi connectivity index (χ0v) is 10.3. The van der Waals surface area contributed by atoms with Gasteiger partial charge in [-0.2, -0.15) is 5.10 Å². The van der Waals surface area contributed by atoms with Crippen molar-refractivity contribution < 1.29 is 14.6 Å². The topological polar surface area (TPSA) is 75.5 Å². The van der Waals surface area contributed by atoms with Gasteiger partial charge >= 0.3 is 6.09 Å². The monoisotopic (exact) mass is 239 g/mol. The number of rotatable bonds is 3. The van der Waals surface area contributed by atoms with Crippen molar-refractivity contribution >= 4 is 11.9 Å². The summed E-state index contributed by atoms with van der Waals surface area (Å²) in [5.74, 6) is 0.357. The van der Waals surface area contributed by atoms with E-state index in [-0.39, 0.29) is 13.2 Å². The van der Waals surface area contributed by atoms with Gasteiger partial charge in [-0.15, -0.1) is 5.10 Å². The zero-order valence-electron chi connectivity index (χ0n) is 10.3. The molecule has 6 heteroatoms. The summed E-state index contributed by atoms with van der Waals surface area (Å²) in [6.45, 7) is 5.28. The number of anilines is 1. The second-order valence-corrected chi connectivity index (χ2v) is 4.44. The molecule has 6 nitrogen and oxygen atoms in total. The largest absolute Gasteiger partial charge is 0.443 e. The quantitative estimate of drug-likeness (QED) is 0.858. The molecule has 17 heavy (non-hydrogen) atoms. The average molecular weight is 239 g/mol. The molecule has 0 aliphatic heterocycles. The van der Waals surface area contributed by atoms with Gasteiger partial charge in [-0.25, -0.2) is 4.79 Å². The average Bonchev–Trinajstić information content (AvgIpc) is 2.24. The summed E-state index contributed by atoms with van der Waals surface area (Å²) in [4.78, 5) is 13.1. The first-order valence-corrected chi connectivity index (χ1v) is 5.33. The first-order chi connectivity index (χ1) is 7.94. The Morgan fingerprint density at radius 2 is 2.24 bits per heavy atom. The normalized spacial score (nSPS) is 11.1. The van der Waals surface area contributed by atoms with E-state index in [1.54, 1.807) is 32.9 Å². The van der Waals surface area contributed by atoms with Gasteiger partial charge in [-0.05, 0) is 32.9 Å². The van der Waals surface area contributed by atoms with E-state index >= 15 is 0 Å². The van der Waals surface area contributed by atoms with E-state index in [1.807, 2.05) is 0 Å². The summed E-state index contributed by atoms with van der Waals surface area (Å²) in [5.41, 5.74) is -0.590. The molecule has 1 heterocycles. The van der Waals surface area contributed by atoms with Crippen LogP contribution in [-0.4, -0.2) is 40.1 Å². The number of ether oxygens (including phenoxy) is 1. The minimum absolute atomic E-state index is 0.119. The van der Waals surface area contributed by atoms with E-state index < -0.39 is 11.7 Å². The smallest absolute Gasteiger partial charge is 0.416 e. The van der Waals surface area contributed by atoms with Gasteiger partial charge in [0.2, 0.25) is 0 Å². The highest BCUT2D eigenvalue weighted by atomic mass is 16.6.